The van der Waals surface area contributed by atoms with Crippen LogP contribution in [0, 0.1) is 6.92 Å². The SMILES string of the molecule is Cc1cccc2cc(-c3ccccc3)c(NCc3ccccc3)nc12. The van der Waals surface area contributed by atoms with Crippen LogP contribution in [-0.4, -0.2) is 4.98 Å². The molecule has 0 aliphatic heterocycles. The molecule has 1 N–H and O–H groups in total. The molecular weight excluding hydrogens is 304 g/mol. The van der Waals surface area contributed by atoms with Crippen molar-refractivity contribution < 1.29 is 0 Å². The van der Waals surface area contributed by atoms with Crippen molar-refractivity contribution >= 4 is 16.7 Å². The Morgan fingerprint density at radius 2 is 1.52 bits per heavy atom. The maximum Gasteiger partial charge on any atom is 0.134 e. The zero-order valence-corrected chi connectivity index (χ0v) is 14.2. The largest absolute Gasteiger partial charge is 0.365 e. The zero-order valence-electron chi connectivity index (χ0n) is 14.2. The minimum atomic E-state index is 0.755. The van der Waals surface area contributed by atoms with Crippen molar-refractivity contribution in [2.24, 2.45) is 0 Å². The molecule has 0 fully saturated rings. The third kappa shape index (κ3) is 3.24. The van der Waals surface area contributed by atoms with Gasteiger partial charge in [0.1, 0.15) is 5.82 Å². The summed E-state index contributed by atoms with van der Waals surface area (Å²) in [5.74, 6) is 0.928. The molecule has 0 radical (unpaired) electrons. The normalized spacial score (nSPS) is 10.8. The average molecular weight is 324 g/mol. The number of hydrogen-bond acceptors (Lipinski definition) is 2. The summed E-state index contributed by atoms with van der Waals surface area (Å²) < 4.78 is 0. The van der Waals surface area contributed by atoms with Crippen LogP contribution in [0.1, 0.15) is 11.1 Å². The van der Waals surface area contributed by atoms with E-state index in [2.05, 4.69) is 85.0 Å². The highest BCUT2D eigenvalue weighted by atomic mass is 15.0. The van der Waals surface area contributed by atoms with Crippen molar-refractivity contribution in [2.45, 2.75) is 13.5 Å². The molecule has 0 aliphatic rings. The standard InChI is InChI=1S/C23H20N2/c1-17-9-8-14-20-15-21(19-12-6-3-7-13-19)23(25-22(17)20)24-16-18-10-4-2-5-11-18/h2-15H,16H2,1H3,(H,24,25). The van der Waals surface area contributed by atoms with E-state index in [4.69, 9.17) is 4.98 Å². The molecule has 0 aliphatic carbocycles. The number of anilines is 1. The van der Waals surface area contributed by atoms with Gasteiger partial charge in [0, 0.05) is 17.5 Å². The number of benzene rings is 3. The fourth-order valence-electron chi connectivity index (χ4n) is 3.10. The smallest absolute Gasteiger partial charge is 0.134 e. The van der Waals surface area contributed by atoms with Crippen LogP contribution in [0.25, 0.3) is 22.0 Å². The predicted molar refractivity (Wildman–Crippen MR) is 106 cm³/mol. The topological polar surface area (TPSA) is 24.9 Å². The van der Waals surface area contributed by atoms with Gasteiger partial charge in [0.05, 0.1) is 5.52 Å². The van der Waals surface area contributed by atoms with Crippen molar-refractivity contribution in [3.05, 3.63) is 96.1 Å². The van der Waals surface area contributed by atoms with Gasteiger partial charge in [-0.1, -0.05) is 78.9 Å². The monoisotopic (exact) mass is 324 g/mol. The summed E-state index contributed by atoms with van der Waals surface area (Å²) in [5, 5.41) is 4.71. The minimum absolute atomic E-state index is 0.755. The van der Waals surface area contributed by atoms with Crippen LogP contribution >= 0.6 is 0 Å². The van der Waals surface area contributed by atoms with Crippen LogP contribution in [0.3, 0.4) is 0 Å². The number of pyridine rings is 1. The third-order valence-electron chi connectivity index (χ3n) is 4.44. The van der Waals surface area contributed by atoms with E-state index in [9.17, 15) is 0 Å². The van der Waals surface area contributed by atoms with Crippen molar-refractivity contribution in [1.29, 1.82) is 0 Å². The Balaban J connectivity index is 1.80. The maximum absolute atomic E-state index is 4.96. The first-order valence-electron chi connectivity index (χ1n) is 8.55. The van der Waals surface area contributed by atoms with E-state index >= 15 is 0 Å². The van der Waals surface area contributed by atoms with E-state index in [-0.39, 0.29) is 0 Å². The van der Waals surface area contributed by atoms with Gasteiger partial charge < -0.3 is 5.32 Å². The lowest BCUT2D eigenvalue weighted by atomic mass is 10.0. The molecule has 25 heavy (non-hydrogen) atoms. The van der Waals surface area contributed by atoms with Gasteiger partial charge in [-0.05, 0) is 29.7 Å². The molecule has 1 heterocycles. The first kappa shape index (κ1) is 15.4. The number of nitrogens with one attached hydrogen (secondary N) is 1. The maximum atomic E-state index is 4.96. The van der Waals surface area contributed by atoms with E-state index in [0.717, 1.165) is 23.4 Å². The second-order valence-electron chi connectivity index (χ2n) is 6.24. The van der Waals surface area contributed by atoms with Gasteiger partial charge in [-0.15, -0.1) is 0 Å². The fourth-order valence-corrected chi connectivity index (χ4v) is 3.10. The molecule has 0 unspecified atom stereocenters. The number of rotatable bonds is 4. The Bertz CT molecular complexity index is 992. The van der Waals surface area contributed by atoms with E-state index in [1.807, 2.05) is 12.1 Å². The van der Waals surface area contributed by atoms with Gasteiger partial charge in [0.2, 0.25) is 0 Å². The number of hydrogen-bond donors (Lipinski definition) is 1. The Labute approximate surface area is 148 Å². The van der Waals surface area contributed by atoms with Gasteiger partial charge in [0.15, 0.2) is 0 Å². The zero-order chi connectivity index (χ0) is 17.1. The number of fused-ring (bicyclic) bond motifs is 1. The highest BCUT2D eigenvalue weighted by molar-refractivity contribution is 5.91. The van der Waals surface area contributed by atoms with Crippen LogP contribution in [0.4, 0.5) is 5.82 Å². The number of nitrogens with zero attached hydrogens (tertiary/aromatic N) is 1. The number of aromatic nitrogens is 1. The molecule has 4 rings (SSSR count). The second kappa shape index (κ2) is 6.78. The summed E-state index contributed by atoms with van der Waals surface area (Å²) in [7, 11) is 0. The number of aryl methyl sites for hydroxylation is 1. The minimum Gasteiger partial charge on any atom is -0.365 e. The first-order valence-corrected chi connectivity index (χ1v) is 8.55. The summed E-state index contributed by atoms with van der Waals surface area (Å²) in [6, 6.07) is 29.4. The van der Waals surface area contributed by atoms with Gasteiger partial charge in [-0.3, -0.25) is 0 Å². The molecule has 0 amide bonds. The second-order valence-corrected chi connectivity index (χ2v) is 6.24. The van der Waals surface area contributed by atoms with Crippen molar-refractivity contribution in [3.8, 4) is 11.1 Å². The highest BCUT2D eigenvalue weighted by Crippen LogP contribution is 2.31. The predicted octanol–water partition coefficient (Wildman–Crippen LogP) is 5.82. The Morgan fingerprint density at radius 3 is 2.28 bits per heavy atom. The van der Waals surface area contributed by atoms with E-state index < -0.39 is 0 Å². The van der Waals surface area contributed by atoms with E-state index in [0.29, 0.717) is 0 Å². The molecule has 0 saturated heterocycles. The van der Waals surface area contributed by atoms with Gasteiger partial charge >= 0.3 is 0 Å². The lowest BCUT2D eigenvalue weighted by Crippen LogP contribution is -2.03. The lowest BCUT2D eigenvalue weighted by Gasteiger charge is -2.14. The van der Waals surface area contributed by atoms with Crippen LogP contribution in [0.15, 0.2) is 84.9 Å². The average Bonchev–Trinajstić information content (AvgIpc) is 2.68. The molecule has 2 heteroatoms. The van der Waals surface area contributed by atoms with Crippen molar-refractivity contribution in [3.63, 3.8) is 0 Å². The van der Waals surface area contributed by atoms with Crippen LogP contribution in [0.5, 0.6) is 0 Å². The Hall–Kier alpha value is -3.13. The van der Waals surface area contributed by atoms with Crippen molar-refractivity contribution in [1.82, 2.24) is 4.98 Å². The van der Waals surface area contributed by atoms with E-state index in [1.54, 1.807) is 0 Å². The third-order valence-corrected chi connectivity index (χ3v) is 4.44. The summed E-state index contributed by atoms with van der Waals surface area (Å²) in [4.78, 5) is 4.96. The van der Waals surface area contributed by atoms with Crippen LogP contribution < -0.4 is 5.32 Å². The van der Waals surface area contributed by atoms with Crippen LogP contribution in [-0.2, 0) is 6.54 Å². The van der Waals surface area contributed by atoms with Gasteiger partial charge in [-0.2, -0.15) is 0 Å². The molecule has 2 nitrogen and oxygen atoms in total. The molecule has 0 saturated carbocycles. The lowest BCUT2D eigenvalue weighted by molar-refractivity contribution is 1.12. The quantitative estimate of drug-likeness (QED) is 0.511. The van der Waals surface area contributed by atoms with Crippen molar-refractivity contribution in [2.75, 3.05) is 5.32 Å². The molecule has 0 atom stereocenters. The molecule has 0 bridgehead atoms. The molecular formula is C23H20N2. The fraction of sp³-hybridized carbons (Fsp3) is 0.0870. The molecule has 4 aromatic rings. The van der Waals surface area contributed by atoms with Crippen LogP contribution in [0.2, 0.25) is 0 Å². The summed E-state index contributed by atoms with van der Waals surface area (Å²) >= 11 is 0. The highest BCUT2D eigenvalue weighted by Gasteiger charge is 2.10. The molecule has 1 aromatic heterocycles. The molecule has 122 valence electrons. The van der Waals surface area contributed by atoms with E-state index in [1.165, 1.54) is 22.1 Å². The van der Waals surface area contributed by atoms with Gasteiger partial charge in [0.25, 0.3) is 0 Å². The summed E-state index contributed by atoms with van der Waals surface area (Å²) in [6.45, 7) is 2.86. The van der Waals surface area contributed by atoms with Gasteiger partial charge in [-0.25, -0.2) is 4.98 Å². The number of para-hydroxylation sites is 1. The Morgan fingerprint density at radius 1 is 0.800 bits per heavy atom. The summed E-state index contributed by atoms with van der Waals surface area (Å²) in [6.07, 6.45) is 0. The summed E-state index contributed by atoms with van der Waals surface area (Å²) in [5.41, 5.74) is 5.80. The Kier molecular flexibility index (Phi) is 4.17. The first-order chi connectivity index (χ1) is 12.3. The molecule has 3 aromatic carbocycles. The molecule has 0 spiro atoms.